The van der Waals surface area contributed by atoms with Crippen LogP contribution >= 0.6 is 23.2 Å². The van der Waals surface area contributed by atoms with Gasteiger partial charge >= 0.3 is 0 Å². The first-order valence-corrected chi connectivity index (χ1v) is 9.41. The number of halogens is 2. The van der Waals surface area contributed by atoms with Crippen LogP contribution in [0.1, 0.15) is 21.5 Å². The van der Waals surface area contributed by atoms with Gasteiger partial charge in [0.1, 0.15) is 5.52 Å². The smallest absolute Gasteiger partial charge is 0.255 e. The highest BCUT2D eigenvalue weighted by Crippen LogP contribution is 2.33. The number of nitrogens with zero attached hydrogens (tertiary/aromatic N) is 1. The van der Waals surface area contributed by atoms with E-state index in [1.54, 1.807) is 42.5 Å². The summed E-state index contributed by atoms with van der Waals surface area (Å²) in [6.45, 7) is 4.05. The molecule has 0 aliphatic heterocycles. The Morgan fingerprint density at radius 1 is 1.00 bits per heavy atom. The topological polar surface area (TPSA) is 55.1 Å². The molecule has 0 saturated carbocycles. The molecule has 4 nitrogen and oxygen atoms in total. The molecule has 28 heavy (non-hydrogen) atoms. The maximum atomic E-state index is 12.5. The molecule has 0 spiro atoms. The molecule has 0 fully saturated rings. The van der Waals surface area contributed by atoms with Crippen LogP contribution in [-0.4, -0.2) is 10.9 Å². The first-order valence-electron chi connectivity index (χ1n) is 8.65. The Kier molecular flexibility index (Phi) is 4.84. The standard InChI is InChI=1S/C22H16Cl2N2O2/c1-12-8-19-20(9-13(12)2)28-22(26-19)17-11-16(6-7-18(17)24)25-21(27)14-4-3-5-15(23)10-14/h3-11H,1-2H3,(H,25,27). The fourth-order valence-electron chi connectivity index (χ4n) is 2.90. The van der Waals surface area contributed by atoms with E-state index in [1.807, 2.05) is 26.0 Å². The number of hydrogen-bond acceptors (Lipinski definition) is 3. The number of rotatable bonds is 3. The lowest BCUT2D eigenvalue weighted by molar-refractivity contribution is 0.102. The predicted molar refractivity (Wildman–Crippen MR) is 113 cm³/mol. The molecule has 1 N–H and O–H groups in total. The summed E-state index contributed by atoms with van der Waals surface area (Å²) in [6, 6.07) is 15.9. The van der Waals surface area contributed by atoms with Gasteiger partial charge in [0.25, 0.3) is 5.91 Å². The normalized spacial score (nSPS) is 11.0. The minimum atomic E-state index is -0.264. The number of benzene rings is 3. The second kappa shape index (κ2) is 7.30. The molecule has 3 aromatic carbocycles. The Morgan fingerprint density at radius 2 is 1.79 bits per heavy atom. The molecule has 0 aliphatic carbocycles. The third-order valence-electron chi connectivity index (χ3n) is 4.55. The molecule has 0 atom stereocenters. The van der Waals surface area contributed by atoms with Gasteiger partial charge in [0, 0.05) is 16.3 Å². The molecule has 4 rings (SSSR count). The molecule has 0 unspecified atom stereocenters. The van der Waals surface area contributed by atoms with Crippen LogP contribution in [0.2, 0.25) is 10.0 Å². The predicted octanol–water partition coefficient (Wildman–Crippen LogP) is 6.67. The number of oxazole rings is 1. The van der Waals surface area contributed by atoms with Crippen molar-refractivity contribution in [3.05, 3.63) is 81.3 Å². The van der Waals surface area contributed by atoms with E-state index in [-0.39, 0.29) is 5.91 Å². The van der Waals surface area contributed by atoms with Crippen LogP contribution in [0.3, 0.4) is 0 Å². The quantitative estimate of drug-likeness (QED) is 0.410. The molecular formula is C22H16Cl2N2O2. The van der Waals surface area contributed by atoms with Crippen LogP contribution in [0.15, 0.2) is 59.0 Å². The number of anilines is 1. The number of aryl methyl sites for hydroxylation is 2. The van der Waals surface area contributed by atoms with Crippen molar-refractivity contribution < 1.29 is 9.21 Å². The van der Waals surface area contributed by atoms with Crippen LogP contribution in [0.4, 0.5) is 5.69 Å². The molecule has 0 aliphatic rings. The number of hydrogen-bond donors (Lipinski definition) is 1. The first kappa shape index (κ1) is 18.5. The fraction of sp³-hybridized carbons (Fsp3) is 0.0909. The average Bonchev–Trinajstić information content (AvgIpc) is 3.06. The Bertz CT molecular complexity index is 1180. The first-order chi connectivity index (χ1) is 13.4. The molecule has 4 aromatic rings. The van der Waals surface area contributed by atoms with Crippen LogP contribution in [0.5, 0.6) is 0 Å². The molecule has 140 valence electrons. The minimum absolute atomic E-state index is 0.264. The third-order valence-corrected chi connectivity index (χ3v) is 5.11. The van der Waals surface area contributed by atoms with Crippen molar-refractivity contribution in [3.8, 4) is 11.5 Å². The van der Waals surface area contributed by atoms with Gasteiger partial charge in [-0.1, -0.05) is 29.3 Å². The number of fused-ring (bicyclic) bond motifs is 1. The van der Waals surface area contributed by atoms with Crippen molar-refractivity contribution in [1.29, 1.82) is 0 Å². The lowest BCUT2D eigenvalue weighted by atomic mass is 10.1. The van der Waals surface area contributed by atoms with Gasteiger partial charge < -0.3 is 9.73 Å². The highest BCUT2D eigenvalue weighted by molar-refractivity contribution is 6.33. The number of aromatic nitrogens is 1. The maximum Gasteiger partial charge on any atom is 0.255 e. The Hall–Kier alpha value is -2.82. The Labute approximate surface area is 172 Å². The Morgan fingerprint density at radius 3 is 2.57 bits per heavy atom. The zero-order valence-electron chi connectivity index (χ0n) is 15.2. The highest BCUT2D eigenvalue weighted by Gasteiger charge is 2.15. The second-order valence-corrected chi connectivity index (χ2v) is 7.43. The molecule has 0 radical (unpaired) electrons. The minimum Gasteiger partial charge on any atom is -0.436 e. The van der Waals surface area contributed by atoms with Crippen LogP contribution < -0.4 is 5.32 Å². The summed E-state index contributed by atoms with van der Waals surface area (Å²) in [5.74, 6) is 0.142. The van der Waals surface area contributed by atoms with Crippen molar-refractivity contribution in [2.45, 2.75) is 13.8 Å². The SMILES string of the molecule is Cc1cc2nc(-c3cc(NC(=O)c4cccc(Cl)c4)ccc3Cl)oc2cc1C. The van der Waals surface area contributed by atoms with Crippen molar-refractivity contribution in [3.63, 3.8) is 0 Å². The zero-order chi connectivity index (χ0) is 19.8. The summed E-state index contributed by atoms with van der Waals surface area (Å²) in [5.41, 5.74) is 5.39. The fourth-order valence-corrected chi connectivity index (χ4v) is 3.28. The summed E-state index contributed by atoms with van der Waals surface area (Å²) in [4.78, 5) is 17.0. The molecule has 1 amide bonds. The van der Waals surface area contributed by atoms with Gasteiger partial charge in [-0.2, -0.15) is 0 Å². The summed E-state index contributed by atoms with van der Waals surface area (Å²) in [6.07, 6.45) is 0. The van der Waals surface area contributed by atoms with E-state index in [1.165, 1.54) is 0 Å². The van der Waals surface area contributed by atoms with Crippen molar-refractivity contribution in [2.75, 3.05) is 5.32 Å². The number of nitrogens with one attached hydrogen (secondary N) is 1. The van der Waals surface area contributed by atoms with Gasteiger partial charge in [0.2, 0.25) is 5.89 Å². The van der Waals surface area contributed by atoms with Gasteiger partial charge in [-0.15, -0.1) is 0 Å². The summed E-state index contributed by atoms with van der Waals surface area (Å²) < 4.78 is 5.91. The largest absolute Gasteiger partial charge is 0.436 e. The summed E-state index contributed by atoms with van der Waals surface area (Å²) in [5, 5.41) is 3.84. The van der Waals surface area contributed by atoms with E-state index in [4.69, 9.17) is 27.6 Å². The molecule has 6 heteroatoms. The number of carbonyl (C=O) groups is 1. The van der Waals surface area contributed by atoms with Gasteiger partial charge in [0.05, 0.1) is 10.6 Å². The van der Waals surface area contributed by atoms with Gasteiger partial charge in [-0.05, 0) is 73.5 Å². The molecule has 0 saturated heterocycles. The van der Waals surface area contributed by atoms with Crippen LogP contribution in [-0.2, 0) is 0 Å². The molecule has 0 bridgehead atoms. The van der Waals surface area contributed by atoms with Crippen LogP contribution in [0.25, 0.3) is 22.6 Å². The van der Waals surface area contributed by atoms with Crippen molar-refractivity contribution in [1.82, 2.24) is 4.98 Å². The van der Waals surface area contributed by atoms with Gasteiger partial charge in [0.15, 0.2) is 5.58 Å². The van der Waals surface area contributed by atoms with Gasteiger partial charge in [-0.3, -0.25) is 4.79 Å². The summed E-state index contributed by atoms with van der Waals surface area (Å²) in [7, 11) is 0. The Balaban J connectivity index is 1.68. The highest BCUT2D eigenvalue weighted by atomic mass is 35.5. The van der Waals surface area contributed by atoms with Crippen LogP contribution in [0, 0.1) is 13.8 Å². The molecule has 1 heterocycles. The van der Waals surface area contributed by atoms with Gasteiger partial charge in [-0.25, -0.2) is 4.98 Å². The third kappa shape index (κ3) is 3.61. The average molecular weight is 411 g/mol. The number of amides is 1. The van der Waals surface area contributed by atoms with E-state index in [0.717, 1.165) is 16.6 Å². The number of carbonyl (C=O) groups excluding carboxylic acids is 1. The van der Waals surface area contributed by atoms with E-state index in [2.05, 4.69) is 10.3 Å². The lowest BCUT2D eigenvalue weighted by Crippen LogP contribution is -2.11. The van der Waals surface area contributed by atoms with E-state index in [9.17, 15) is 4.79 Å². The van der Waals surface area contributed by atoms with Crippen molar-refractivity contribution in [2.24, 2.45) is 0 Å². The zero-order valence-corrected chi connectivity index (χ0v) is 16.7. The van der Waals surface area contributed by atoms with E-state index in [0.29, 0.717) is 38.3 Å². The molecular weight excluding hydrogens is 395 g/mol. The lowest BCUT2D eigenvalue weighted by Gasteiger charge is -2.08. The van der Waals surface area contributed by atoms with E-state index >= 15 is 0 Å². The van der Waals surface area contributed by atoms with E-state index < -0.39 is 0 Å². The maximum absolute atomic E-state index is 12.5. The molecule has 1 aromatic heterocycles. The summed E-state index contributed by atoms with van der Waals surface area (Å²) >= 11 is 12.3. The monoisotopic (exact) mass is 410 g/mol. The second-order valence-electron chi connectivity index (χ2n) is 6.58. The van der Waals surface area contributed by atoms with Crippen molar-refractivity contribution >= 4 is 45.9 Å².